The van der Waals surface area contributed by atoms with Gasteiger partial charge in [-0.25, -0.2) is 4.98 Å². The van der Waals surface area contributed by atoms with E-state index in [0.29, 0.717) is 0 Å². The lowest BCUT2D eigenvalue weighted by atomic mass is 10.6. The highest BCUT2D eigenvalue weighted by molar-refractivity contribution is 5.10. The Morgan fingerprint density at radius 1 is 1.75 bits per heavy atom. The van der Waals surface area contributed by atoms with E-state index in [4.69, 9.17) is 4.79 Å². The van der Waals surface area contributed by atoms with Crippen molar-refractivity contribution in [3.63, 3.8) is 0 Å². The monoisotopic (exact) mass is 112 g/mol. The predicted molar refractivity (Wildman–Crippen MR) is 30.4 cm³/mol. The lowest BCUT2D eigenvalue weighted by Crippen LogP contribution is -1.59. The zero-order valence-electron chi connectivity index (χ0n) is 4.72. The summed E-state index contributed by atoms with van der Waals surface area (Å²) in [5.41, 5.74) is 1.11. The standard InChI is InChI=1S/C4H6N2.CH2O/c1-4-2-5-3-6-4;1-2/h2-3H,1H3,(H,5,6);1H2. The minimum absolute atomic E-state index is 1.11. The number of carbonyl (C=O) groups is 1. The Labute approximate surface area is 47.8 Å². The van der Waals surface area contributed by atoms with Gasteiger partial charge in [-0.2, -0.15) is 0 Å². The van der Waals surface area contributed by atoms with Crippen molar-refractivity contribution < 1.29 is 4.79 Å². The largest absolute Gasteiger partial charge is 0.349 e. The van der Waals surface area contributed by atoms with E-state index in [1.54, 1.807) is 12.5 Å². The molecule has 1 N–H and O–H groups in total. The smallest absolute Gasteiger partial charge is 0.106 e. The first-order valence-electron chi connectivity index (χ1n) is 2.13. The molecular weight excluding hydrogens is 104 g/mol. The van der Waals surface area contributed by atoms with Gasteiger partial charge in [-0.15, -0.1) is 0 Å². The van der Waals surface area contributed by atoms with E-state index < -0.39 is 0 Å². The van der Waals surface area contributed by atoms with Gasteiger partial charge < -0.3 is 9.78 Å². The van der Waals surface area contributed by atoms with E-state index in [9.17, 15) is 0 Å². The van der Waals surface area contributed by atoms with Crippen LogP contribution in [-0.4, -0.2) is 16.8 Å². The molecule has 1 aromatic rings. The Kier molecular flexibility index (Phi) is 3.48. The highest BCUT2D eigenvalue weighted by Crippen LogP contribution is 1.81. The number of aromatic amines is 1. The lowest BCUT2D eigenvalue weighted by Gasteiger charge is -1.67. The maximum Gasteiger partial charge on any atom is 0.106 e. The number of hydrogen-bond acceptors (Lipinski definition) is 2. The number of hydrogen-bond donors (Lipinski definition) is 1. The van der Waals surface area contributed by atoms with Gasteiger partial charge in [0.25, 0.3) is 0 Å². The summed E-state index contributed by atoms with van der Waals surface area (Å²) in [6.07, 6.45) is 3.44. The predicted octanol–water partition coefficient (Wildman–Crippen LogP) is 0.533. The Morgan fingerprint density at radius 3 is 2.50 bits per heavy atom. The van der Waals surface area contributed by atoms with Crippen LogP contribution in [0.4, 0.5) is 0 Å². The van der Waals surface area contributed by atoms with Crippen molar-refractivity contribution in [1.29, 1.82) is 0 Å². The fourth-order valence-corrected chi connectivity index (χ4v) is 0.325. The van der Waals surface area contributed by atoms with Gasteiger partial charge in [0, 0.05) is 11.9 Å². The molecule has 8 heavy (non-hydrogen) atoms. The molecule has 0 aliphatic rings. The van der Waals surface area contributed by atoms with Crippen molar-refractivity contribution in [2.75, 3.05) is 0 Å². The van der Waals surface area contributed by atoms with Crippen LogP contribution in [0, 0.1) is 6.92 Å². The highest BCUT2D eigenvalue weighted by Gasteiger charge is 1.73. The molecule has 0 saturated carbocycles. The van der Waals surface area contributed by atoms with Gasteiger partial charge in [-0.3, -0.25) is 0 Å². The van der Waals surface area contributed by atoms with Crippen LogP contribution in [0.5, 0.6) is 0 Å². The molecule has 1 rings (SSSR count). The summed E-state index contributed by atoms with van der Waals surface area (Å²) in [6.45, 7) is 3.97. The van der Waals surface area contributed by atoms with Crippen molar-refractivity contribution in [3.05, 3.63) is 18.2 Å². The molecule has 0 bridgehead atoms. The van der Waals surface area contributed by atoms with Crippen LogP contribution in [0.15, 0.2) is 12.5 Å². The van der Waals surface area contributed by atoms with Gasteiger partial charge >= 0.3 is 0 Å². The summed E-state index contributed by atoms with van der Waals surface area (Å²) in [7, 11) is 0. The molecule has 0 aliphatic carbocycles. The highest BCUT2D eigenvalue weighted by atomic mass is 16.1. The number of aromatic nitrogens is 2. The first-order chi connectivity index (χ1) is 3.89. The Bertz CT molecular complexity index is 125. The number of nitrogens with one attached hydrogen (secondary N) is 1. The summed E-state index contributed by atoms with van der Waals surface area (Å²) >= 11 is 0. The second-order valence-electron chi connectivity index (χ2n) is 1.23. The van der Waals surface area contributed by atoms with Crippen molar-refractivity contribution in [2.24, 2.45) is 0 Å². The number of nitrogens with zero attached hydrogens (tertiary/aromatic N) is 1. The van der Waals surface area contributed by atoms with Crippen molar-refractivity contribution in [1.82, 2.24) is 9.97 Å². The van der Waals surface area contributed by atoms with Crippen LogP contribution in [0.2, 0.25) is 0 Å². The number of carbonyl (C=O) groups excluding carboxylic acids is 1. The molecule has 44 valence electrons. The van der Waals surface area contributed by atoms with E-state index in [2.05, 4.69) is 9.97 Å². The quantitative estimate of drug-likeness (QED) is 0.532. The number of rotatable bonds is 0. The fraction of sp³-hybridized carbons (Fsp3) is 0.200. The van der Waals surface area contributed by atoms with E-state index in [1.807, 2.05) is 13.7 Å². The van der Waals surface area contributed by atoms with Crippen molar-refractivity contribution in [2.45, 2.75) is 6.92 Å². The first kappa shape index (κ1) is 6.88. The third-order valence-corrected chi connectivity index (χ3v) is 0.635. The van der Waals surface area contributed by atoms with Crippen LogP contribution < -0.4 is 0 Å². The van der Waals surface area contributed by atoms with Crippen LogP contribution in [0.1, 0.15) is 5.69 Å². The van der Waals surface area contributed by atoms with E-state index in [1.165, 1.54) is 0 Å². The van der Waals surface area contributed by atoms with Crippen molar-refractivity contribution >= 4 is 6.79 Å². The van der Waals surface area contributed by atoms with Crippen molar-refractivity contribution in [3.8, 4) is 0 Å². The molecule has 0 aliphatic heterocycles. The zero-order valence-corrected chi connectivity index (χ0v) is 4.72. The first-order valence-corrected chi connectivity index (χ1v) is 2.13. The molecule has 1 aromatic heterocycles. The molecule has 0 spiro atoms. The molecule has 0 fully saturated rings. The van der Waals surface area contributed by atoms with Gasteiger partial charge in [0.1, 0.15) is 6.79 Å². The summed E-state index contributed by atoms with van der Waals surface area (Å²) in [5.74, 6) is 0. The molecule has 0 unspecified atom stereocenters. The fourth-order valence-electron chi connectivity index (χ4n) is 0.325. The molecule has 0 amide bonds. The molecule has 0 atom stereocenters. The average molecular weight is 112 g/mol. The Hall–Kier alpha value is -1.12. The second-order valence-corrected chi connectivity index (χ2v) is 1.23. The van der Waals surface area contributed by atoms with Gasteiger partial charge in [-0.05, 0) is 6.92 Å². The maximum atomic E-state index is 8.00. The molecule has 0 radical (unpaired) electrons. The topological polar surface area (TPSA) is 45.8 Å². The normalized spacial score (nSPS) is 7.12. The number of aryl methyl sites for hydroxylation is 1. The Morgan fingerprint density at radius 2 is 2.38 bits per heavy atom. The summed E-state index contributed by atoms with van der Waals surface area (Å²) in [6, 6.07) is 0. The van der Waals surface area contributed by atoms with Crippen LogP contribution in [-0.2, 0) is 4.79 Å². The van der Waals surface area contributed by atoms with Crippen LogP contribution in [0.3, 0.4) is 0 Å². The summed E-state index contributed by atoms with van der Waals surface area (Å²) in [5, 5.41) is 0. The third-order valence-electron chi connectivity index (χ3n) is 0.635. The van der Waals surface area contributed by atoms with Gasteiger partial charge in [-0.1, -0.05) is 0 Å². The third kappa shape index (κ3) is 2.12. The van der Waals surface area contributed by atoms with Gasteiger partial charge in [0.05, 0.1) is 6.33 Å². The van der Waals surface area contributed by atoms with E-state index in [0.717, 1.165) is 5.69 Å². The maximum absolute atomic E-state index is 8.00. The SMILES string of the molecule is C=O.Cc1cnc[nH]1. The van der Waals surface area contributed by atoms with E-state index >= 15 is 0 Å². The number of H-pyrrole nitrogens is 1. The molecule has 3 heteroatoms. The summed E-state index contributed by atoms with van der Waals surface area (Å²) < 4.78 is 0. The minimum Gasteiger partial charge on any atom is -0.349 e. The number of imidazole rings is 1. The van der Waals surface area contributed by atoms with E-state index in [-0.39, 0.29) is 0 Å². The molecule has 1 heterocycles. The molecular formula is C5H8N2O. The van der Waals surface area contributed by atoms with Gasteiger partial charge in [0.2, 0.25) is 0 Å². The Balaban J connectivity index is 0.000000222. The molecule has 0 saturated heterocycles. The van der Waals surface area contributed by atoms with Gasteiger partial charge in [0.15, 0.2) is 0 Å². The second kappa shape index (κ2) is 4.05. The summed E-state index contributed by atoms with van der Waals surface area (Å²) in [4.78, 5) is 14.7. The van der Waals surface area contributed by atoms with Crippen LogP contribution in [0.25, 0.3) is 0 Å². The van der Waals surface area contributed by atoms with Crippen LogP contribution >= 0.6 is 0 Å². The molecule has 3 nitrogen and oxygen atoms in total. The minimum atomic E-state index is 1.11. The molecule has 0 aromatic carbocycles. The average Bonchev–Trinajstić information content (AvgIpc) is 2.24. The lowest BCUT2D eigenvalue weighted by molar-refractivity contribution is -0.0979. The zero-order chi connectivity index (χ0) is 6.41.